The molecule has 0 bridgehead atoms. The molecule has 7 heteroatoms. The van der Waals surface area contributed by atoms with E-state index in [1.165, 1.54) is 4.90 Å². The second kappa shape index (κ2) is 10.2. The van der Waals surface area contributed by atoms with Gasteiger partial charge in [0.1, 0.15) is 6.54 Å². The number of anilines is 1. The number of carbonyl (C=O) groups is 3. The van der Waals surface area contributed by atoms with Crippen molar-refractivity contribution in [3.8, 4) is 0 Å². The SMILES string of the molecule is CC[C@H](C)N(CC(=O)Nc1cccc(C)c1C)C(=O)COC(=O)c1cc(C)n(C2CC2)c1C. The first kappa shape index (κ1) is 24.6. The van der Waals surface area contributed by atoms with Gasteiger partial charge in [-0.05, 0) is 77.1 Å². The monoisotopic (exact) mass is 453 g/mol. The molecule has 0 spiro atoms. The van der Waals surface area contributed by atoms with E-state index in [2.05, 4.69) is 9.88 Å². The molecule has 1 aromatic carbocycles. The molecule has 3 rings (SSSR count). The summed E-state index contributed by atoms with van der Waals surface area (Å²) in [7, 11) is 0. The van der Waals surface area contributed by atoms with E-state index in [1.54, 1.807) is 0 Å². The highest BCUT2D eigenvalue weighted by Crippen LogP contribution is 2.38. The third-order valence-corrected chi connectivity index (χ3v) is 6.58. The van der Waals surface area contributed by atoms with Crippen molar-refractivity contribution in [2.75, 3.05) is 18.5 Å². The van der Waals surface area contributed by atoms with E-state index in [1.807, 2.05) is 65.8 Å². The van der Waals surface area contributed by atoms with E-state index < -0.39 is 12.6 Å². The first-order valence-corrected chi connectivity index (χ1v) is 11.6. The zero-order valence-electron chi connectivity index (χ0n) is 20.5. The van der Waals surface area contributed by atoms with Crippen molar-refractivity contribution in [1.82, 2.24) is 9.47 Å². The number of esters is 1. The van der Waals surface area contributed by atoms with E-state index in [4.69, 9.17) is 4.74 Å². The molecule has 1 atom stereocenters. The number of carbonyl (C=O) groups excluding carboxylic acids is 3. The van der Waals surface area contributed by atoms with Gasteiger partial charge in [-0.1, -0.05) is 19.1 Å². The van der Waals surface area contributed by atoms with Crippen molar-refractivity contribution >= 4 is 23.5 Å². The van der Waals surface area contributed by atoms with Crippen molar-refractivity contribution < 1.29 is 19.1 Å². The van der Waals surface area contributed by atoms with Crippen LogP contribution in [0.5, 0.6) is 0 Å². The highest BCUT2D eigenvalue weighted by molar-refractivity contribution is 5.96. The van der Waals surface area contributed by atoms with Crippen LogP contribution in [-0.4, -0.2) is 46.4 Å². The second-order valence-corrected chi connectivity index (χ2v) is 9.04. The quantitative estimate of drug-likeness (QED) is 0.568. The molecule has 33 heavy (non-hydrogen) atoms. The normalized spacial score (nSPS) is 14.0. The van der Waals surface area contributed by atoms with Crippen LogP contribution in [0.4, 0.5) is 5.69 Å². The lowest BCUT2D eigenvalue weighted by atomic mass is 10.1. The number of aryl methyl sites for hydroxylation is 2. The second-order valence-electron chi connectivity index (χ2n) is 9.04. The Morgan fingerprint density at radius 3 is 2.52 bits per heavy atom. The van der Waals surface area contributed by atoms with Crippen molar-refractivity contribution in [2.45, 2.75) is 72.9 Å². The minimum Gasteiger partial charge on any atom is -0.452 e. The highest BCUT2D eigenvalue weighted by atomic mass is 16.5. The van der Waals surface area contributed by atoms with Crippen LogP contribution >= 0.6 is 0 Å². The van der Waals surface area contributed by atoms with Gasteiger partial charge in [0.25, 0.3) is 5.91 Å². The van der Waals surface area contributed by atoms with E-state index in [-0.39, 0.29) is 24.4 Å². The van der Waals surface area contributed by atoms with Gasteiger partial charge < -0.3 is 19.5 Å². The predicted molar refractivity (Wildman–Crippen MR) is 128 cm³/mol. The van der Waals surface area contributed by atoms with Gasteiger partial charge in [0.05, 0.1) is 5.56 Å². The van der Waals surface area contributed by atoms with Crippen LogP contribution in [0.2, 0.25) is 0 Å². The largest absolute Gasteiger partial charge is 0.452 e. The lowest BCUT2D eigenvalue weighted by molar-refractivity contribution is -0.139. The maximum Gasteiger partial charge on any atom is 0.340 e. The molecule has 1 aromatic heterocycles. The van der Waals surface area contributed by atoms with Crippen LogP contribution in [0.15, 0.2) is 24.3 Å². The molecule has 7 nitrogen and oxygen atoms in total. The number of rotatable bonds is 9. The number of ether oxygens (including phenoxy) is 1. The van der Waals surface area contributed by atoms with Crippen molar-refractivity contribution in [3.63, 3.8) is 0 Å². The number of aromatic nitrogens is 1. The molecule has 1 aliphatic carbocycles. The molecule has 2 aromatic rings. The Kier molecular flexibility index (Phi) is 7.61. The molecule has 1 saturated carbocycles. The molecule has 0 unspecified atom stereocenters. The minimum atomic E-state index is -0.507. The highest BCUT2D eigenvalue weighted by Gasteiger charge is 2.29. The molecule has 1 fully saturated rings. The zero-order chi connectivity index (χ0) is 24.3. The number of benzene rings is 1. The fourth-order valence-corrected chi connectivity index (χ4v) is 4.11. The molecule has 178 valence electrons. The average Bonchev–Trinajstić information content (AvgIpc) is 3.56. The zero-order valence-corrected chi connectivity index (χ0v) is 20.5. The third-order valence-electron chi connectivity index (χ3n) is 6.58. The summed E-state index contributed by atoms with van der Waals surface area (Å²) in [6, 6.07) is 7.83. The smallest absolute Gasteiger partial charge is 0.340 e. The summed E-state index contributed by atoms with van der Waals surface area (Å²) in [5.74, 6) is -1.17. The topological polar surface area (TPSA) is 80.6 Å². The number of hydrogen-bond donors (Lipinski definition) is 1. The van der Waals surface area contributed by atoms with Crippen molar-refractivity contribution in [2.24, 2.45) is 0 Å². The van der Waals surface area contributed by atoms with E-state index in [0.29, 0.717) is 18.0 Å². The minimum absolute atomic E-state index is 0.102. The molecular formula is C26H35N3O4. The van der Waals surface area contributed by atoms with Gasteiger partial charge in [0.15, 0.2) is 6.61 Å². The van der Waals surface area contributed by atoms with Gasteiger partial charge in [-0.3, -0.25) is 9.59 Å². The van der Waals surface area contributed by atoms with Crippen LogP contribution in [0.1, 0.15) is 72.0 Å². The molecule has 0 radical (unpaired) electrons. The summed E-state index contributed by atoms with van der Waals surface area (Å²) < 4.78 is 7.54. The Morgan fingerprint density at radius 2 is 1.88 bits per heavy atom. The number of amides is 2. The van der Waals surface area contributed by atoms with E-state index in [0.717, 1.165) is 41.0 Å². The standard InChI is InChI=1S/C26H35N3O4/c1-7-17(3)28(14-24(30)27-23-10-8-9-16(2)19(23)5)25(31)15-33-26(32)22-13-18(4)29(20(22)6)21-11-12-21/h8-10,13,17,21H,7,11-12,14-15H2,1-6H3,(H,27,30)/t17-/m0/s1. The summed E-state index contributed by atoms with van der Waals surface area (Å²) in [4.78, 5) is 39.8. The maximum absolute atomic E-state index is 12.9. The molecule has 1 N–H and O–H groups in total. The lowest BCUT2D eigenvalue weighted by Crippen LogP contribution is -2.45. The van der Waals surface area contributed by atoms with Crippen LogP contribution in [-0.2, 0) is 14.3 Å². The number of nitrogens with zero attached hydrogens (tertiary/aromatic N) is 2. The van der Waals surface area contributed by atoms with E-state index in [9.17, 15) is 14.4 Å². The van der Waals surface area contributed by atoms with Gasteiger partial charge >= 0.3 is 5.97 Å². The van der Waals surface area contributed by atoms with Gasteiger partial charge in [-0.25, -0.2) is 4.79 Å². The fourth-order valence-electron chi connectivity index (χ4n) is 4.11. The molecule has 2 amide bonds. The van der Waals surface area contributed by atoms with Crippen LogP contribution in [0, 0.1) is 27.7 Å². The van der Waals surface area contributed by atoms with Crippen LogP contribution in [0.3, 0.4) is 0 Å². The first-order valence-electron chi connectivity index (χ1n) is 11.6. The number of nitrogens with one attached hydrogen (secondary N) is 1. The summed E-state index contributed by atoms with van der Waals surface area (Å²) in [5.41, 5.74) is 5.20. The van der Waals surface area contributed by atoms with Gasteiger partial charge in [0.2, 0.25) is 5.91 Å². The lowest BCUT2D eigenvalue weighted by Gasteiger charge is -2.28. The molecule has 1 heterocycles. The Hall–Kier alpha value is -3.09. The predicted octanol–water partition coefficient (Wildman–Crippen LogP) is 4.48. The summed E-state index contributed by atoms with van der Waals surface area (Å²) >= 11 is 0. The maximum atomic E-state index is 12.9. The van der Waals surface area contributed by atoms with Crippen molar-refractivity contribution in [3.05, 3.63) is 52.3 Å². The molecule has 0 saturated heterocycles. The third kappa shape index (κ3) is 5.64. The summed E-state index contributed by atoms with van der Waals surface area (Å²) in [6.07, 6.45) is 2.92. The molecule has 0 aliphatic heterocycles. The fraction of sp³-hybridized carbons (Fsp3) is 0.500. The van der Waals surface area contributed by atoms with Crippen LogP contribution in [0.25, 0.3) is 0 Å². The summed E-state index contributed by atoms with van der Waals surface area (Å²) in [5, 5.41) is 2.90. The summed E-state index contributed by atoms with van der Waals surface area (Å²) in [6.45, 7) is 11.2. The van der Waals surface area contributed by atoms with Gasteiger partial charge in [0, 0.05) is 29.2 Å². The molecule has 1 aliphatic rings. The Morgan fingerprint density at radius 1 is 1.18 bits per heavy atom. The Labute approximate surface area is 196 Å². The first-order chi connectivity index (χ1) is 15.6. The molecular weight excluding hydrogens is 418 g/mol. The van der Waals surface area contributed by atoms with Crippen molar-refractivity contribution in [1.29, 1.82) is 0 Å². The van der Waals surface area contributed by atoms with Gasteiger partial charge in [-0.2, -0.15) is 0 Å². The van der Waals surface area contributed by atoms with Gasteiger partial charge in [-0.15, -0.1) is 0 Å². The van der Waals surface area contributed by atoms with Crippen LogP contribution < -0.4 is 5.32 Å². The Bertz CT molecular complexity index is 1050. The van der Waals surface area contributed by atoms with E-state index >= 15 is 0 Å². The Balaban J connectivity index is 1.63. The number of hydrogen-bond acceptors (Lipinski definition) is 4. The average molecular weight is 454 g/mol.